The Labute approximate surface area is 106 Å². The van der Waals surface area contributed by atoms with Gasteiger partial charge >= 0.3 is 0 Å². The molecule has 0 aliphatic heterocycles. The first kappa shape index (κ1) is 11.7. The number of hydrogen-bond acceptors (Lipinski definition) is 2. The smallest absolute Gasteiger partial charge is 0.136 e. The molecule has 0 radical (unpaired) electrons. The maximum atomic E-state index is 6.15. The molecule has 0 N–H and O–H groups in total. The summed E-state index contributed by atoms with van der Waals surface area (Å²) in [5.41, 5.74) is 1.68. The summed E-state index contributed by atoms with van der Waals surface area (Å²) in [5.74, 6) is 0.767. The topological polar surface area (TPSA) is 21.6 Å². The number of rotatable bonds is 3. The zero-order valence-electron chi connectivity index (χ0n) is 9.43. The van der Waals surface area contributed by atoms with Gasteiger partial charge in [-0.15, -0.1) is 0 Å². The van der Waals surface area contributed by atoms with Crippen LogP contribution in [0.5, 0.6) is 5.75 Å². The van der Waals surface area contributed by atoms with Crippen LogP contribution in [0.15, 0.2) is 59.6 Å². The molecule has 0 atom stereocenters. The highest BCUT2D eigenvalue weighted by molar-refractivity contribution is 6.69. The quantitative estimate of drug-likeness (QED) is 0.749. The molecule has 0 saturated carbocycles. The molecule has 2 nitrogen and oxygen atoms in total. The van der Waals surface area contributed by atoms with Crippen molar-refractivity contribution in [2.45, 2.75) is 0 Å². The van der Waals surface area contributed by atoms with Gasteiger partial charge in [0.2, 0.25) is 0 Å². The molecule has 2 rings (SSSR count). The predicted molar refractivity (Wildman–Crippen MR) is 71.5 cm³/mol. The number of aliphatic imine (C=N–C) groups is 1. The van der Waals surface area contributed by atoms with Crippen LogP contribution in [0, 0.1) is 0 Å². The summed E-state index contributed by atoms with van der Waals surface area (Å²) < 4.78 is 5.13. The van der Waals surface area contributed by atoms with Crippen molar-refractivity contribution in [1.82, 2.24) is 0 Å². The third kappa shape index (κ3) is 3.08. The van der Waals surface area contributed by atoms with Gasteiger partial charge in [-0.3, -0.25) is 0 Å². The van der Waals surface area contributed by atoms with E-state index >= 15 is 0 Å². The molecule has 0 aromatic heterocycles. The van der Waals surface area contributed by atoms with Gasteiger partial charge in [-0.1, -0.05) is 48.0 Å². The summed E-state index contributed by atoms with van der Waals surface area (Å²) in [5, 5.41) is 0.471. The fourth-order valence-electron chi connectivity index (χ4n) is 1.43. The molecule has 0 amide bonds. The number of nitrogens with zero attached hydrogens (tertiary/aromatic N) is 1. The lowest BCUT2D eigenvalue weighted by atomic mass is 10.2. The maximum absolute atomic E-state index is 6.15. The van der Waals surface area contributed by atoms with Crippen LogP contribution in [0.1, 0.15) is 5.56 Å². The van der Waals surface area contributed by atoms with Gasteiger partial charge in [0, 0.05) is 11.6 Å². The minimum absolute atomic E-state index is 0.471. The van der Waals surface area contributed by atoms with Crippen LogP contribution in [-0.4, -0.2) is 12.3 Å². The first-order valence-electron chi connectivity index (χ1n) is 5.23. The zero-order valence-corrected chi connectivity index (χ0v) is 10.2. The zero-order chi connectivity index (χ0) is 12.1. The molecule has 0 aliphatic carbocycles. The predicted octanol–water partition coefficient (Wildman–Crippen LogP) is 4.01. The second-order valence-corrected chi connectivity index (χ2v) is 3.83. The maximum Gasteiger partial charge on any atom is 0.136 e. The molecule has 3 heteroatoms. The van der Waals surface area contributed by atoms with E-state index in [1.165, 1.54) is 0 Å². The lowest BCUT2D eigenvalue weighted by Gasteiger charge is -2.01. The van der Waals surface area contributed by atoms with Gasteiger partial charge in [0.1, 0.15) is 10.9 Å². The van der Waals surface area contributed by atoms with Crippen molar-refractivity contribution in [3.8, 4) is 5.75 Å². The highest BCUT2D eigenvalue weighted by Gasteiger charge is 1.99. The number of benzene rings is 2. The number of halogens is 1. The Bertz CT molecular complexity index is 523. The van der Waals surface area contributed by atoms with E-state index in [-0.39, 0.29) is 0 Å². The van der Waals surface area contributed by atoms with Crippen molar-refractivity contribution >= 4 is 22.5 Å². The lowest BCUT2D eigenvalue weighted by Crippen LogP contribution is -1.89. The van der Waals surface area contributed by atoms with Crippen LogP contribution in [0.3, 0.4) is 0 Å². The van der Waals surface area contributed by atoms with E-state index in [9.17, 15) is 0 Å². The Hall–Kier alpha value is -1.80. The molecule has 0 heterocycles. The number of ether oxygens (including phenoxy) is 1. The molecule has 0 spiro atoms. The van der Waals surface area contributed by atoms with E-state index in [4.69, 9.17) is 16.3 Å². The minimum Gasteiger partial charge on any atom is -0.497 e. The highest BCUT2D eigenvalue weighted by atomic mass is 35.5. The number of methoxy groups -OCH3 is 1. The molecule has 86 valence electrons. The Balaban J connectivity index is 2.29. The van der Waals surface area contributed by atoms with Crippen LogP contribution in [0.4, 0.5) is 5.69 Å². The van der Waals surface area contributed by atoms with Crippen LogP contribution in [0.2, 0.25) is 0 Å². The van der Waals surface area contributed by atoms with Gasteiger partial charge in [-0.05, 0) is 12.1 Å². The third-order valence-corrected chi connectivity index (χ3v) is 2.60. The normalized spacial score (nSPS) is 11.3. The van der Waals surface area contributed by atoms with E-state index in [0.29, 0.717) is 5.17 Å². The summed E-state index contributed by atoms with van der Waals surface area (Å²) in [6.07, 6.45) is 0. The van der Waals surface area contributed by atoms with E-state index in [1.54, 1.807) is 7.11 Å². The second kappa shape index (κ2) is 5.51. The first-order chi connectivity index (χ1) is 8.29. The van der Waals surface area contributed by atoms with Crippen LogP contribution < -0.4 is 4.74 Å². The van der Waals surface area contributed by atoms with Crippen molar-refractivity contribution in [1.29, 1.82) is 0 Å². The summed E-state index contributed by atoms with van der Waals surface area (Å²) in [7, 11) is 1.63. The largest absolute Gasteiger partial charge is 0.497 e. The standard InChI is InChI=1S/C14H12ClNO/c1-17-13-9-5-8-12(10-13)16-14(15)11-6-3-2-4-7-11/h2-10H,1H3/b16-14-. The van der Waals surface area contributed by atoms with Crippen LogP contribution in [0.25, 0.3) is 0 Å². The molecule has 0 fully saturated rings. The summed E-state index contributed by atoms with van der Waals surface area (Å²) in [6.45, 7) is 0. The van der Waals surface area contributed by atoms with Gasteiger partial charge < -0.3 is 4.74 Å². The van der Waals surface area contributed by atoms with E-state index in [2.05, 4.69) is 4.99 Å². The second-order valence-electron chi connectivity index (χ2n) is 3.47. The fourth-order valence-corrected chi connectivity index (χ4v) is 1.66. The molecule has 0 aliphatic rings. The molecule has 17 heavy (non-hydrogen) atoms. The summed E-state index contributed by atoms with van der Waals surface area (Å²) >= 11 is 6.15. The fraction of sp³-hybridized carbons (Fsp3) is 0.0714. The molecule has 0 bridgehead atoms. The molecule has 0 unspecified atom stereocenters. The average Bonchev–Trinajstić information content (AvgIpc) is 2.40. The van der Waals surface area contributed by atoms with Gasteiger partial charge in [-0.2, -0.15) is 0 Å². The van der Waals surface area contributed by atoms with Crippen molar-refractivity contribution in [3.05, 3.63) is 60.2 Å². The third-order valence-electron chi connectivity index (χ3n) is 2.29. The number of hydrogen-bond donors (Lipinski definition) is 0. The first-order valence-corrected chi connectivity index (χ1v) is 5.61. The monoisotopic (exact) mass is 245 g/mol. The lowest BCUT2D eigenvalue weighted by molar-refractivity contribution is 0.415. The summed E-state index contributed by atoms with van der Waals surface area (Å²) in [6, 6.07) is 17.1. The molecule has 2 aromatic rings. The minimum atomic E-state index is 0.471. The van der Waals surface area contributed by atoms with Gasteiger partial charge in [-0.25, -0.2) is 4.99 Å². The SMILES string of the molecule is COc1cccc(/N=C(\Cl)c2ccccc2)c1. The molecular weight excluding hydrogens is 234 g/mol. The van der Waals surface area contributed by atoms with Crippen molar-refractivity contribution < 1.29 is 4.74 Å². The average molecular weight is 246 g/mol. The molecule has 0 saturated heterocycles. The van der Waals surface area contributed by atoms with Crippen molar-refractivity contribution in [2.24, 2.45) is 4.99 Å². The van der Waals surface area contributed by atoms with Gasteiger partial charge in [0.15, 0.2) is 0 Å². The van der Waals surface area contributed by atoms with Gasteiger partial charge in [0.05, 0.1) is 12.8 Å². The van der Waals surface area contributed by atoms with E-state index in [0.717, 1.165) is 17.0 Å². The van der Waals surface area contributed by atoms with Crippen molar-refractivity contribution in [2.75, 3.05) is 7.11 Å². The van der Waals surface area contributed by atoms with Gasteiger partial charge in [0.25, 0.3) is 0 Å². The Morgan fingerprint density at radius 3 is 2.53 bits per heavy atom. The van der Waals surface area contributed by atoms with Crippen LogP contribution in [-0.2, 0) is 0 Å². The molecule has 2 aromatic carbocycles. The Morgan fingerprint density at radius 2 is 1.82 bits per heavy atom. The Morgan fingerprint density at radius 1 is 1.06 bits per heavy atom. The Kier molecular flexibility index (Phi) is 3.78. The molecular formula is C14H12ClNO. The highest BCUT2D eigenvalue weighted by Crippen LogP contribution is 2.21. The van der Waals surface area contributed by atoms with Crippen molar-refractivity contribution in [3.63, 3.8) is 0 Å². The van der Waals surface area contributed by atoms with E-state index < -0.39 is 0 Å². The van der Waals surface area contributed by atoms with Crippen LogP contribution >= 0.6 is 11.6 Å². The summed E-state index contributed by atoms with van der Waals surface area (Å²) in [4.78, 5) is 4.34. The van der Waals surface area contributed by atoms with E-state index in [1.807, 2.05) is 54.6 Å².